The maximum absolute atomic E-state index is 12.3. The van der Waals surface area contributed by atoms with Crippen LogP contribution in [0.15, 0.2) is 24.3 Å². The van der Waals surface area contributed by atoms with Crippen molar-refractivity contribution in [3.05, 3.63) is 40.5 Å². The Hall–Kier alpha value is -2.03. The molecule has 1 aromatic heterocycles. The molecule has 0 spiro atoms. The van der Waals surface area contributed by atoms with Crippen LogP contribution >= 0.6 is 23.4 Å². The molecule has 138 valence electrons. The highest BCUT2D eigenvalue weighted by Gasteiger charge is 2.27. The van der Waals surface area contributed by atoms with Crippen LogP contribution in [-0.2, 0) is 21.1 Å². The quantitative estimate of drug-likeness (QED) is 0.675. The van der Waals surface area contributed by atoms with Gasteiger partial charge in [-0.1, -0.05) is 18.5 Å². The van der Waals surface area contributed by atoms with Crippen LogP contribution in [0.4, 0.5) is 5.82 Å². The number of aliphatic hydroxyl groups excluding tert-OH is 1. The molecule has 0 saturated heterocycles. The van der Waals surface area contributed by atoms with Crippen molar-refractivity contribution >= 4 is 41.0 Å². The molecule has 0 fully saturated rings. The smallest absolute Gasteiger partial charge is 0.314 e. The van der Waals surface area contributed by atoms with Gasteiger partial charge in [0.2, 0.25) is 0 Å². The van der Waals surface area contributed by atoms with E-state index in [0.29, 0.717) is 23.0 Å². The Morgan fingerprint density at radius 2 is 2.04 bits per heavy atom. The van der Waals surface area contributed by atoms with Gasteiger partial charge in [0.25, 0.3) is 0 Å². The van der Waals surface area contributed by atoms with Crippen LogP contribution in [0.1, 0.15) is 24.6 Å². The minimum atomic E-state index is -0.785. The van der Waals surface area contributed by atoms with E-state index in [1.165, 1.54) is 0 Å². The maximum Gasteiger partial charge on any atom is 0.314 e. The van der Waals surface area contributed by atoms with Crippen LogP contribution in [0.25, 0.3) is 5.69 Å². The average molecular weight is 395 g/mol. The number of carbonyl (C=O) groups is 2. The Morgan fingerprint density at radius 3 is 2.69 bits per heavy atom. The van der Waals surface area contributed by atoms with Crippen LogP contribution in [-0.4, -0.2) is 39.4 Å². The standard InChI is InChI=1S/C17H19ClN4O3S/c1-2-11(7-23)19-16(24)17(25)20-15-13-8-26-9-14(13)21-22(15)12-5-3-10(18)4-6-12/h3-6,11,23H,2,7-9H2,1H3,(H,19,24)(H,20,25)/t11-/m0/s1. The summed E-state index contributed by atoms with van der Waals surface area (Å²) < 4.78 is 1.62. The first-order chi connectivity index (χ1) is 12.5. The first-order valence-corrected chi connectivity index (χ1v) is 9.74. The number of thioether (sulfide) groups is 1. The summed E-state index contributed by atoms with van der Waals surface area (Å²) >= 11 is 7.64. The predicted octanol–water partition coefficient (Wildman–Crippen LogP) is 2.10. The van der Waals surface area contributed by atoms with E-state index in [2.05, 4.69) is 15.7 Å². The van der Waals surface area contributed by atoms with Crippen molar-refractivity contribution in [1.82, 2.24) is 15.1 Å². The number of nitrogens with zero attached hydrogens (tertiary/aromatic N) is 2. The molecule has 26 heavy (non-hydrogen) atoms. The summed E-state index contributed by atoms with van der Waals surface area (Å²) in [6.07, 6.45) is 0.532. The van der Waals surface area contributed by atoms with E-state index in [9.17, 15) is 14.7 Å². The lowest BCUT2D eigenvalue weighted by Crippen LogP contribution is -2.43. The Morgan fingerprint density at radius 1 is 1.31 bits per heavy atom. The van der Waals surface area contributed by atoms with Gasteiger partial charge in [0, 0.05) is 22.1 Å². The van der Waals surface area contributed by atoms with Crippen LogP contribution < -0.4 is 10.6 Å². The number of aromatic nitrogens is 2. The zero-order valence-corrected chi connectivity index (χ0v) is 15.7. The minimum absolute atomic E-state index is 0.218. The third-order valence-electron chi connectivity index (χ3n) is 4.11. The number of nitrogens with one attached hydrogen (secondary N) is 2. The van der Waals surface area contributed by atoms with Crippen molar-refractivity contribution in [3.8, 4) is 5.69 Å². The number of amides is 2. The largest absolute Gasteiger partial charge is 0.394 e. The fraction of sp³-hybridized carbons (Fsp3) is 0.353. The zero-order valence-electron chi connectivity index (χ0n) is 14.2. The number of aliphatic hydroxyl groups is 1. The van der Waals surface area contributed by atoms with Gasteiger partial charge in [-0.15, -0.1) is 0 Å². The van der Waals surface area contributed by atoms with Gasteiger partial charge in [-0.3, -0.25) is 9.59 Å². The highest BCUT2D eigenvalue weighted by atomic mass is 35.5. The van der Waals surface area contributed by atoms with Crippen LogP contribution in [0, 0.1) is 0 Å². The lowest BCUT2D eigenvalue weighted by molar-refractivity contribution is -0.136. The van der Waals surface area contributed by atoms with Gasteiger partial charge in [0.05, 0.1) is 24.0 Å². The molecular weight excluding hydrogens is 376 g/mol. The maximum atomic E-state index is 12.3. The Bertz CT molecular complexity index is 818. The molecule has 1 aromatic carbocycles. The van der Waals surface area contributed by atoms with Crippen molar-refractivity contribution in [2.24, 2.45) is 0 Å². The van der Waals surface area contributed by atoms with E-state index >= 15 is 0 Å². The van der Waals surface area contributed by atoms with E-state index in [4.69, 9.17) is 11.6 Å². The predicted molar refractivity (Wildman–Crippen MR) is 102 cm³/mol. The summed E-state index contributed by atoms with van der Waals surface area (Å²) in [5, 5.41) is 19.5. The van der Waals surface area contributed by atoms with Crippen LogP contribution in [0.2, 0.25) is 5.02 Å². The zero-order chi connectivity index (χ0) is 18.7. The van der Waals surface area contributed by atoms with Crippen molar-refractivity contribution in [2.75, 3.05) is 11.9 Å². The monoisotopic (exact) mass is 394 g/mol. The number of halogens is 1. The lowest BCUT2D eigenvalue weighted by Gasteiger charge is -2.14. The Balaban J connectivity index is 1.86. The molecule has 0 saturated carbocycles. The van der Waals surface area contributed by atoms with Crippen molar-refractivity contribution < 1.29 is 14.7 Å². The number of hydrogen-bond acceptors (Lipinski definition) is 5. The summed E-state index contributed by atoms with van der Waals surface area (Å²) in [6.45, 7) is 1.60. The average Bonchev–Trinajstić information content (AvgIpc) is 3.22. The number of rotatable bonds is 5. The first-order valence-electron chi connectivity index (χ1n) is 8.20. The summed E-state index contributed by atoms with van der Waals surface area (Å²) in [7, 11) is 0. The summed E-state index contributed by atoms with van der Waals surface area (Å²) in [6, 6.07) is 6.63. The van der Waals surface area contributed by atoms with Gasteiger partial charge < -0.3 is 15.7 Å². The van der Waals surface area contributed by atoms with Crippen molar-refractivity contribution in [2.45, 2.75) is 30.9 Å². The summed E-state index contributed by atoms with van der Waals surface area (Å²) in [5.41, 5.74) is 2.55. The fourth-order valence-corrected chi connectivity index (χ4v) is 3.76. The second-order valence-electron chi connectivity index (χ2n) is 5.87. The molecule has 2 aromatic rings. The number of hydrogen-bond donors (Lipinski definition) is 3. The number of carbonyl (C=O) groups excluding carboxylic acids is 2. The van der Waals surface area contributed by atoms with E-state index in [1.807, 2.05) is 6.92 Å². The van der Waals surface area contributed by atoms with Crippen LogP contribution in [0.5, 0.6) is 0 Å². The summed E-state index contributed by atoms with van der Waals surface area (Å²) in [4.78, 5) is 24.4. The molecule has 9 heteroatoms. The van der Waals surface area contributed by atoms with E-state index < -0.39 is 17.9 Å². The van der Waals surface area contributed by atoms with Crippen LogP contribution in [0.3, 0.4) is 0 Å². The molecule has 3 N–H and O–H groups in total. The van der Waals surface area contributed by atoms with Gasteiger partial charge in [-0.2, -0.15) is 16.9 Å². The number of benzene rings is 1. The Labute approximate surface area is 160 Å². The van der Waals surface area contributed by atoms with E-state index in [0.717, 1.165) is 22.7 Å². The van der Waals surface area contributed by atoms with Gasteiger partial charge in [0.1, 0.15) is 5.82 Å². The van der Waals surface area contributed by atoms with E-state index in [1.54, 1.807) is 40.7 Å². The molecular formula is C17H19ClN4O3S. The lowest BCUT2D eigenvalue weighted by atomic mass is 10.2. The first kappa shape index (κ1) is 18.8. The molecule has 0 aliphatic carbocycles. The number of fused-ring (bicyclic) bond motifs is 1. The molecule has 0 radical (unpaired) electrons. The third kappa shape index (κ3) is 3.87. The molecule has 2 amide bonds. The van der Waals surface area contributed by atoms with E-state index in [-0.39, 0.29) is 6.61 Å². The molecule has 0 bridgehead atoms. The highest BCUT2D eigenvalue weighted by Crippen LogP contribution is 2.36. The van der Waals surface area contributed by atoms with Crippen molar-refractivity contribution in [1.29, 1.82) is 0 Å². The molecule has 1 aliphatic rings. The SMILES string of the molecule is CC[C@@H](CO)NC(=O)C(=O)Nc1c2c(nn1-c1ccc(Cl)cc1)CSC2. The summed E-state index contributed by atoms with van der Waals surface area (Å²) in [5.74, 6) is 0.396. The second kappa shape index (κ2) is 8.11. The molecule has 2 heterocycles. The Kier molecular flexibility index (Phi) is 5.85. The normalized spacial score (nSPS) is 14.0. The molecule has 1 atom stereocenters. The molecule has 1 aliphatic heterocycles. The van der Waals surface area contributed by atoms with Gasteiger partial charge in [-0.05, 0) is 30.7 Å². The fourth-order valence-electron chi connectivity index (χ4n) is 2.60. The molecule has 7 nitrogen and oxygen atoms in total. The minimum Gasteiger partial charge on any atom is -0.394 e. The van der Waals surface area contributed by atoms with Gasteiger partial charge in [0.15, 0.2) is 0 Å². The highest BCUT2D eigenvalue weighted by molar-refractivity contribution is 7.98. The van der Waals surface area contributed by atoms with Gasteiger partial charge in [-0.25, -0.2) is 4.68 Å². The van der Waals surface area contributed by atoms with Gasteiger partial charge >= 0.3 is 11.8 Å². The third-order valence-corrected chi connectivity index (χ3v) is 5.33. The second-order valence-corrected chi connectivity index (χ2v) is 7.29. The molecule has 0 unspecified atom stereocenters. The topological polar surface area (TPSA) is 96.2 Å². The molecule has 3 rings (SSSR count). The van der Waals surface area contributed by atoms with Crippen molar-refractivity contribution in [3.63, 3.8) is 0 Å². The number of anilines is 1.